The second kappa shape index (κ2) is 11.8. The van der Waals surface area contributed by atoms with E-state index in [4.69, 9.17) is 23.7 Å². The van der Waals surface area contributed by atoms with Gasteiger partial charge in [-0.3, -0.25) is 9.59 Å². The maximum absolute atomic E-state index is 13.8. The number of methoxy groups -OCH3 is 5. The van der Waals surface area contributed by atoms with Crippen molar-refractivity contribution >= 4 is 23.2 Å². The summed E-state index contributed by atoms with van der Waals surface area (Å²) >= 11 is 0. The zero-order valence-electron chi connectivity index (χ0n) is 22.1. The van der Waals surface area contributed by atoms with E-state index in [1.165, 1.54) is 21.3 Å². The van der Waals surface area contributed by atoms with Crippen LogP contribution in [0, 0.1) is 5.92 Å². The Kier molecular flexibility index (Phi) is 8.25. The zero-order chi connectivity index (χ0) is 27.2. The van der Waals surface area contributed by atoms with Crippen molar-refractivity contribution in [1.82, 2.24) is 0 Å². The van der Waals surface area contributed by atoms with Gasteiger partial charge in [0.15, 0.2) is 11.5 Å². The first-order valence-corrected chi connectivity index (χ1v) is 12.2. The second-order valence-electron chi connectivity index (χ2n) is 8.70. The molecule has 1 saturated heterocycles. The van der Waals surface area contributed by atoms with Gasteiger partial charge in [-0.05, 0) is 36.2 Å². The maximum atomic E-state index is 13.8. The van der Waals surface area contributed by atoms with Crippen LogP contribution in [0.1, 0.15) is 24.4 Å². The number of nitrogens with zero attached hydrogens (tertiary/aromatic N) is 1. The number of hydrogen-bond donors (Lipinski definition) is 1. The quantitative estimate of drug-likeness (QED) is 0.431. The fourth-order valence-electron chi connectivity index (χ4n) is 4.83. The minimum Gasteiger partial charge on any atom is -0.497 e. The molecule has 0 radical (unpaired) electrons. The Morgan fingerprint density at radius 2 is 1.45 bits per heavy atom. The van der Waals surface area contributed by atoms with Gasteiger partial charge in [0, 0.05) is 18.6 Å². The van der Waals surface area contributed by atoms with E-state index in [1.807, 2.05) is 36.4 Å². The first-order chi connectivity index (χ1) is 18.4. The van der Waals surface area contributed by atoms with E-state index in [9.17, 15) is 9.59 Å². The van der Waals surface area contributed by atoms with Gasteiger partial charge in [-0.2, -0.15) is 0 Å². The summed E-state index contributed by atoms with van der Waals surface area (Å²) in [5.41, 5.74) is 1.87. The van der Waals surface area contributed by atoms with Crippen LogP contribution >= 0.6 is 0 Å². The number of para-hydroxylation sites is 2. The number of ether oxygens (including phenoxy) is 5. The van der Waals surface area contributed by atoms with Crippen molar-refractivity contribution < 1.29 is 33.3 Å². The van der Waals surface area contributed by atoms with Crippen molar-refractivity contribution in [3.63, 3.8) is 0 Å². The Hall–Kier alpha value is -4.40. The van der Waals surface area contributed by atoms with Gasteiger partial charge in [-0.25, -0.2) is 0 Å². The zero-order valence-corrected chi connectivity index (χ0v) is 22.1. The van der Waals surface area contributed by atoms with Crippen LogP contribution < -0.4 is 33.9 Å². The van der Waals surface area contributed by atoms with Crippen molar-refractivity contribution in [2.24, 2.45) is 5.92 Å². The number of carbonyl (C=O) groups excluding carboxylic acids is 2. The van der Waals surface area contributed by atoms with Gasteiger partial charge in [0.1, 0.15) is 11.5 Å². The molecule has 3 aromatic carbocycles. The lowest BCUT2D eigenvalue weighted by Crippen LogP contribution is -2.47. The number of nitrogens with one attached hydrogen (secondary N) is 1. The van der Waals surface area contributed by atoms with Crippen LogP contribution in [0.15, 0.2) is 60.7 Å². The van der Waals surface area contributed by atoms with Gasteiger partial charge in [0.05, 0.1) is 58.9 Å². The molecule has 0 aliphatic carbocycles. The highest BCUT2D eigenvalue weighted by Gasteiger charge is 2.42. The summed E-state index contributed by atoms with van der Waals surface area (Å²) in [7, 11) is 7.69. The fourth-order valence-corrected chi connectivity index (χ4v) is 4.83. The number of piperidine rings is 1. The van der Waals surface area contributed by atoms with Crippen LogP contribution in [-0.2, 0) is 9.59 Å². The second-order valence-corrected chi connectivity index (χ2v) is 8.70. The molecule has 9 heteroatoms. The van der Waals surface area contributed by atoms with E-state index in [2.05, 4.69) is 5.32 Å². The summed E-state index contributed by atoms with van der Waals surface area (Å²) in [5.74, 6) is 1.54. The molecular weight excluding hydrogens is 488 g/mol. The predicted molar refractivity (Wildman–Crippen MR) is 144 cm³/mol. The Labute approximate surface area is 222 Å². The monoisotopic (exact) mass is 520 g/mol. The minimum atomic E-state index is -0.611. The number of hydrogen-bond acceptors (Lipinski definition) is 7. The molecule has 1 fully saturated rings. The van der Waals surface area contributed by atoms with Crippen molar-refractivity contribution in [3.05, 3.63) is 66.2 Å². The molecule has 0 spiro atoms. The molecule has 0 saturated carbocycles. The molecular formula is C29H32N2O7. The Bertz CT molecular complexity index is 1270. The Morgan fingerprint density at radius 1 is 0.816 bits per heavy atom. The van der Waals surface area contributed by atoms with E-state index in [1.54, 1.807) is 43.4 Å². The van der Waals surface area contributed by atoms with E-state index < -0.39 is 12.0 Å². The third kappa shape index (κ3) is 5.18. The molecule has 3 aromatic rings. The van der Waals surface area contributed by atoms with E-state index in [-0.39, 0.29) is 18.2 Å². The molecule has 0 aromatic heterocycles. The first-order valence-electron chi connectivity index (χ1n) is 12.2. The van der Waals surface area contributed by atoms with Crippen LogP contribution in [0.3, 0.4) is 0 Å². The van der Waals surface area contributed by atoms with Crippen LogP contribution in [0.4, 0.5) is 11.4 Å². The lowest BCUT2D eigenvalue weighted by atomic mass is 9.83. The van der Waals surface area contributed by atoms with Crippen LogP contribution in [0.25, 0.3) is 0 Å². The van der Waals surface area contributed by atoms with Gasteiger partial charge in [0.2, 0.25) is 17.6 Å². The molecule has 1 heterocycles. The largest absolute Gasteiger partial charge is 0.497 e. The van der Waals surface area contributed by atoms with Crippen molar-refractivity contribution in [1.29, 1.82) is 0 Å². The van der Waals surface area contributed by atoms with Gasteiger partial charge in [-0.15, -0.1) is 0 Å². The van der Waals surface area contributed by atoms with Gasteiger partial charge in [0.25, 0.3) is 0 Å². The molecule has 38 heavy (non-hydrogen) atoms. The molecule has 200 valence electrons. The Morgan fingerprint density at radius 3 is 2.03 bits per heavy atom. The molecule has 1 aliphatic heterocycles. The first kappa shape index (κ1) is 26.7. The number of carbonyl (C=O) groups is 2. The molecule has 0 bridgehead atoms. The van der Waals surface area contributed by atoms with Crippen LogP contribution in [0.5, 0.6) is 28.7 Å². The minimum absolute atomic E-state index is 0.124. The highest BCUT2D eigenvalue weighted by Crippen LogP contribution is 2.46. The molecule has 2 atom stereocenters. The molecule has 1 N–H and O–H groups in total. The lowest BCUT2D eigenvalue weighted by Gasteiger charge is -2.41. The van der Waals surface area contributed by atoms with Gasteiger partial charge in [-0.1, -0.05) is 24.3 Å². The summed E-state index contributed by atoms with van der Waals surface area (Å²) in [6.45, 7) is 0. The number of anilines is 2. The summed E-state index contributed by atoms with van der Waals surface area (Å²) in [5, 5.41) is 3.01. The summed E-state index contributed by atoms with van der Waals surface area (Å²) < 4.78 is 27.3. The van der Waals surface area contributed by atoms with Crippen LogP contribution in [0.2, 0.25) is 0 Å². The number of amides is 2. The maximum Gasteiger partial charge on any atom is 0.230 e. The molecule has 2 amide bonds. The smallest absolute Gasteiger partial charge is 0.230 e. The number of benzene rings is 3. The topological polar surface area (TPSA) is 95.6 Å². The lowest BCUT2D eigenvalue weighted by molar-refractivity contribution is -0.125. The van der Waals surface area contributed by atoms with Gasteiger partial charge < -0.3 is 33.9 Å². The predicted octanol–water partition coefficient (Wildman–Crippen LogP) is 4.85. The SMILES string of the molecule is COc1ccc(C2C(C(=O)Nc3ccccc3OC)CCC(=O)N2c2cc(OC)c(OC)c(OC)c2)cc1. The molecule has 9 nitrogen and oxygen atoms in total. The Balaban J connectivity index is 1.82. The van der Waals surface area contributed by atoms with Crippen LogP contribution in [-0.4, -0.2) is 47.4 Å². The van der Waals surface area contributed by atoms with E-state index in [0.29, 0.717) is 46.5 Å². The van der Waals surface area contributed by atoms with Crippen molar-refractivity contribution in [3.8, 4) is 28.7 Å². The van der Waals surface area contributed by atoms with E-state index >= 15 is 0 Å². The summed E-state index contributed by atoms with van der Waals surface area (Å²) in [4.78, 5) is 28.9. The number of rotatable bonds is 9. The van der Waals surface area contributed by atoms with E-state index in [0.717, 1.165) is 5.56 Å². The average Bonchev–Trinajstić information content (AvgIpc) is 2.96. The van der Waals surface area contributed by atoms with Gasteiger partial charge >= 0.3 is 0 Å². The standard InChI is InChI=1S/C29H32N2O7/c1-34-20-12-10-18(11-13-20)27-21(29(33)30-22-8-6-7-9-23(22)35-2)14-15-26(32)31(27)19-16-24(36-3)28(38-5)25(17-19)37-4/h6-13,16-17,21,27H,14-15H2,1-5H3,(H,30,33). The van der Waals surface area contributed by atoms with Crippen molar-refractivity contribution in [2.45, 2.75) is 18.9 Å². The fraction of sp³-hybridized carbons (Fsp3) is 0.310. The molecule has 4 rings (SSSR count). The average molecular weight is 521 g/mol. The summed E-state index contributed by atoms with van der Waals surface area (Å²) in [6, 6.07) is 17.4. The summed E-state index contributed by atoms with van der Waals surface area (Å²) in [6.07, 6.45) is 0.560. The highest BCUT2D eigenvalue weighted by atomic mass is 16.5. The highest BCUT2D eigenvalue weighted by molar-refractivity contribution is 6.01. The molecule has 2 unspecified atom stereocenters. The molecule has 1 aliphatic rings. The normalized spacial score (nSPS) is 17.0. The third-order valence-corrected chi connectivity index (χ3v) is 6.68. The third-order valence-electron chi connectivity index (χ3n) is 6.68. The van der Waals surface area contributed by atoms with Crippen molar-refractivity contribution in [2.75, 3.05) is 45.8 Å².